The summed E-state index contributed by atoms with van der Waals surface area (Å²) in [6, 6.07) is 8.13. The quantitative estimate of drug-likeness (QED) is 0.735. The lowest BCUT2D eigenvalue weighted by Gasteiger charge is -2.16. The standard InChI is InChI=1S/C14H20N2O3/c1-10(2)8-12(13(17)18)16-14(19)15-9-11-6-4-3-5-7-11/h3-7,10,12H,8-9H2,1-2H3,(H,17,18)(H2,15,16,19)/t12-/m1/s1. The summed E-state index contributed by atoms with van der Waals surface area (Å²) in [4.78, 5) is 22.6. The maximum Gasteiger partial charge on any atom is 0.326 e. The predicted molar refractivity (Wildman–Crippen MR) is 72.7 cm³/mol. The molecule has 3 N–H and O–H groups in total. The first-order chi connectivity index (χ1) is 8.99. The topological polar surface area (TPSA) is 78.4 Å². The zero-order chi connectivity index (χ0) is 14.3. The molecule has 0 fully saturated rings. The highest BCUT2D eigenvalue weighted by atomic mass is 16.4. The van der Waals surface area contributed by atoms with Gasteiger partial charge in [-0.1, -0.05) is 44.2 Å². The lowest BCUT2D eigenvalue weighted by Crippen LogP contribution is -2.46. The van der Waals surface area contributed by atoms with Gasteiger partial charge >= 0.3 is 12.0 Å². The second kappa shape index (κ2) is 7.41. The van der Waals surface area contributed by atoms with E-state index in [9.17, 15) is 9.59 Å². The van der Waals surface area contributed by atoms with E-state index in [1.165, 1.54) is 0 Å². The Labute approximate surface area is 113 Å². The molecule has 0 saturated carbocycles. The molecule has 0 aliphatic carbocycles. The van der Waals surface area contributed by atoms with E-state index in [0.717, 1.165) is 5.56 Å². The van der Waals surface area contributed by atoms with Gasteiger partial charge < -0.3 is 15.7 Å². The average molecular weight is 264 g/mol. The number of carbonyl (C=O) groups excluding carboxylic acids is 1. The van der Waals surface area contributed by atoms with Gasteiger partial charge in [0.15, 0.2) is 0 Å². The Morgan fingerprint density at radius 3 is 2.37 bits per heavy atom. The van der Waals surface area contributed by atoms with Gasteiger partial charge in [-0.05, 0) is 17.9 Å². The van der Waals surface area contributed by atoms with Crippen molar-refractivity contribution in [2.24, 2.45) is 5.92 Å². The number of carboxylic acids is 1. The van der Waals surface area contributed by atoms with Gasteiger partial charge in [0.05, 0.1) is 0 Å². The van der Waals surface area contributed by atoms with Gasteiger partial charge in [0.25, 0.3) is 0 Å². The highest BCUT2D eigenvalue weighted by Gasteiger charge is 2.20. The number of carbonyl (C=O) groups is 2. The number of carboxylic acid groups (broad SMARTS) is 1. The number of benzene rings is 1. The average Bonchev–Trinajstić information content (AvgIpc) is 2.36. The number of rotatable bonds is 6. The molecule has 0 aromatic heterocycles. The summed E-state index contributed by atoms with van der Waals surface area (Å²) >= 11 is 0. The van der Waals surface area contributed by atoms with Crippen LogP contribution in [0.25, 0.3) is 0 Å². The molecule has 1 atom stereocenters. The number of hydrogen-bond donors (Lipinski definition) is 3. The molecule has 5 heteroatoms. The van der Waals surface area contributed by atoms with E-state index >= 15 is 0 Å². The molecule has 0 aliphatic heterocycles. The van der Waals surface area contributed by atoms with Gasteiger partial charge in [-0.2, -0.15) is 0 Å². The first-order valence-corrected chi connectivity index (χ1v) is 6.30. The van der Waals surface area contributed by atoms with Gasteiger partial charge in [0.1, 0.15) is 6.04 Å². The van der Waals surface area contributed by atoms with Gasteiger partial charge in [-0.3, -0.25) is 0 Å². The van der Waals surface area contributed by atoms with Crippen LogP contribution in [0.4, 0.5) is 4.79 Å². The van der Waals surface area contributed by atoms with Gasteiger partial charge in [-0.25, -0.2) is 9.59 Å². The lowest BCUT2D eigenvalue weighted by molar-refractivity contribution is -0.139. The molecule has 0 radical (unpaired) electrons. The molecule has 0 aliphatic rings. The molecular formula is C14H20N2O3. The molecule has 5 nitrogen and oxygen atoms in total. The van der Waals surface area contributed by atoms with Crippen LogP contribution >= 0.6 is 0 Å². The molecule has 19 heavy (non-hydrogen) atoms. The van der Waals surface area contributed by atoms with Crippen molar-refractivity contribution in [3.63, 3.8) is 0 Å². The van der Waals surface area contributed by atoms with Crippen molar-refractivity contribution in [2.45, 2.75) is 32.9 Å². The molecule has 104 valence electrons. The number of amides is 2. The number of hydrogen-bond acceptors (Lipinski definition) is 2. The summed E-state index contributed by atoms with van der Waals surface area (Å²) in [6.07, 6.45) is 0.411. The van der Waals surface area contributed by atoms with Crippen molar-refractivity contribution in [3.05, 3.63) is 35.9 Å². The number of urea groups is 1. The third-order valence-corrected chi connectivity index (χ3v) is 2.61. The molecular weight excluding hydrogens is 244 g/mol. The fourth-order valence-corrected chi connectivity index (χ4v) is 1.68. The molecule has 0 saturated heterocycles. The Bertz CT molecular complexity index is 418. The summed E-state index contributed by atoms with van der Waals surface area (Å²) < 4.78 is 0. The SMILES string of the molecule is CC(C)C[C@@H](NC(=O)NCc1ccccc1)C(=O)O. The zero-order valence-electron chi connectivity index (χ0n) is 11.2. The minimum Gasteiger partial charge on any atom is -0.480 e. The fraction of sp³-hybridized carbons (Fsp3) is 0.429. The van der Waals surface area contributed by atoms with Crippen molar-refractivity contribution >= 4 is 12.0 Å². The van der Waals surface area contributed by atoms with E-state index in [-0.39, 0.29) is 5.92 Å². The molecule has 2 amide bonds. The van der Waals surface area contributed by atoms with E-state index in [4.69, 9.17) is 5.11 Å². The lowest BCUT2D eigenvalue weighted by atomic mass is 10.0. The Kier molecular flexibility index (Phi) is 5.85. The number of nitrogens with one attached hydrogen (secondary N) is 2. The monoisotopic (exact) mass is 264 g/mol. The van der Waals surface area contributed by atoms with Crippen molar-refractivity contribution in [1.82, 2.24) is 10.6 Å². The Hall–Kier alpha value is -2.04. The second-order valence-electron chi connectivity index (χ2n) is 4.83. The summed E-state index contributed by atoms with van der Waals surface area (Å²) in [6.45, 7) is 4.21. The zero-order valence-corrected chi connectivity index (χ0v) is 11.2. The predicted octanol–water partition coefficient (Wildman–Crippen LogP) is 1.99. The summed E-state index contributed by atoms with van der Waals surface area (Å²) in [5, 5.41) is 14.1. The maximum atomic E-state index is 11.6. The third kappa shape index (κ3) is 5.90. The van der Waals surface area contributed by atoms with Crippen molar-refractivity contribution in [1.29, 1.82) is 0 Å². The highest BCUT2D eigenvalue weighted by molar-refractivity contribution is 5.82. The molecule has 0 spiro atoms. The van der Waals surface area contributed by atoms with Crippen LogP contribution < -0.4 is 10.6 Å². The van der Waals surface area contributed by atoms with E-state index in [1.54, 1.807) is 0 Å². The van der Waals surface area contributed by atoms with Crippen LogP contribution in [0.3, 0.4) is 0 Å². The van der Waals surface area contributed by atoms with Crippen LogP contribution in [0, 0.1) is 5.92 Å². The Balaban J connectivity index is 2.42. The van der Waals surface area contributed by atoms with Crippen LogP contribution in [0.1, 0.15) is 25.8 Å². The normalized spacial score (nSPS) is 11.9. The largest absolute Gasteiger partial charge is 0.480 e. The highest BCUT2D eigenvalue weighted by Crippen LogP contribution is 2.05. The van der Waals surface area contributed by atoms with E-state index in [2.05, 4.69) is 10.6 Å². The molecule has 1 aromatic carbocycles. The Morgan fingerprint density at radius 1 is 1.21 bits per heavy atom. The molecule has 1 aromatic rings. The van der Waals surface area contributed by atoms with Crippen LogP contribution in [0.15, 0.2) is 30.3 Å². The number of aliphatic carboxylic acids is 1. The van der Waals surface area contributed by atoms with Crippen molar-refractivity contribution in [3.8, 4) is 0 Å². The van der Waals surface area contributed by atoms with E-state index in [0.29, 0.717) is 13.0 Å². The summed E-state index contributed by atoms with van der Waals surface area (Å²) in [5.74, 6) is -0.806. The summed E-state index contributed by atoms with van der Waals surface area (Å²) in [7, 11) is 0. The van der Waals surface area contributed by atoms with Crippen molar-refractivity contribution < 1.29 is 14.7 Å². The smallest absolute Gasteiger partial charge is 0.326 e. The minimum absolute atomic E-state index is 0.204. The van der Waals surface area contributed by atoms with Crippen LogP contribution in [0.2, 0.25) is 0 Å². The first kappa shape index (κ1) is 15.0. The molecule has 1 rings (SSSR count). The second-order valence-corrected chi connectivity index (χ2v) is 4.83. The molecule has 0 unspecified atom stereocenters. The third-order valence-electron chi connectivity index (χ3n) is 2.61. The van der Waals surface area contributed by atoms with Crippen LogP contribution in [-0.4, -0.2) is 23.1 Å². The first-order valence-electron chi connectivity index (χ1n) is 6.30. The van der Waals surface area contributed by atoms with E-state index < -0.39 is 18.0 Å². The van der Waals surface area contributed by atoms with E-state index in [1.807, 2.05) is 44.2 Å². The fourth-order valence-electron chi connectivity index (χ4n) is 1.68. The Morgan fingerprint density at radius 2 is 1.84 bits per heavy atom. The van der Waals surface area contributed by atoms with Crippen molar-refractivity contribution in [2.75, 3.05) is 0 Å². The maximum absolute atomic E-state index is 11.6. The van der Waals surface area contributed by atoms with Gasteiger partial charge in [-0.15, -0.1) is 0 Å². The molecule has 0 heterocycles. The summed E-state index contributed by atoms with van der Waals surface area (Å²) in [5.41, 5.74) is 0.966. The van der Waals surface area contributed by atoms with Crippen LogP contribution in [0.5, 0.6) is 0 Å². The minimum atomic E-state index is -1.01. The van der Waals surface area contributed by atoms with Gasteiger partial charge in [0, 0.05) is 6.54 Å². The molecule has 0 bridgehead atoms. The van der Waals surface area contributed by atoms with Crippen LogP contribution in [-0.2, 0) is 11.3 Å². The van der Waals surface area contributed by atoms with Gasteiger partial charge in [0.2, 0.25) is 0 Å².